The molecule has 0 aliphatic carbocycles. The minimum absolute atomic E-state index is 0.873. The quantitative estimate of drug-likeness (QED) is 0.624. The molecule has 0 aromatic heterocycles. The maximum absolute atomic E-state index is 5.81. The molecule has 0 aliphatic heterocycles. The molecule has 1 nitrogen and oxygen atoms in total. The van der Waals surface area contributed by atoms with Gasteiger partial charge in [-0.15, -0.1) is 12.6 Å². The summed E-state index contributed by atoms with van der Waals surface area (Å²) in [5.41, 5.74) is 2.37. The molecule has 0 bridgehead atoms. The molecule has 1 aromatic carbocycles. The fourth-order valence-corrected chi connectivity index (χ4v) is 2.03. The Balaban J connectivity index is 2.80. The fraction of sp³-hybridized carbons (Fsp3) is 0.500. The van der Waals surface area contributed by atoms with Crippen molar-refractivity contribution in [2.45, 2.75) is 38.4 Å². The van der Waals surface area contributed by atoms with E-state index >= 15 is 0 Å². The van der Waals surface area contributed by atoms with Crippen LogP contribution >= 0.6 is 12.6 Å². The van der Waals surface area contributed by atoms with Gasteiger partial charge in [0.15, 0.2) is 0 Å². The number of benzene rings is 1. The zero-order valence-electron chi connectivity index (χ0n) is 10.2. The molecule has 1 rings (SSSR count). The molecule has 0 saturated carbocycles. The van der Waals surface area contributed by atoms with E-state index in [1.165, 1.54) is 11.1 Å². The van der Waals surface area contributed by atoms with Crippen LogP contribution in [-0.4, -0.2) is 14.3 Å². The summed E-state index contributed by atoms with van der Waals surface area (Å²) in [6, 6.07) is 4.13. The van der Waals surface area contributed by atoms with E-state index in [0.717, 1.165) is 16.9 Å². The molecule has 0 spiro atoms. The Kier molecular flexibility index (Phi) is 3.90. The van der Waals surface area contributed by atoms with Crippen molar-refractivity contribution in [3.05, 3.63) is 23.3 Å². The van der Waals surface area contributed by atoms with Gasteiger partial charge in [0.2, 0.25) is 0 Å². The first-order chi connectivity index (χ1) is 6.79. The minimum Gasteiger partial charge on any atom is -0.497 e. The maximum atomic E-state index is 5.81. The summed E-state index contributed by atoms with van der Waals surface area (Å²) < 4.78 is 5.81. The molecule has 0 heterocycles. The Labute approximate surface area is 99.3 Å². The first kappa shape index (κ1) is 12.7. The Morgan fingerprint density at radius 2 is 1.60 bits per heavy atom. The summed E-state index contributed by atoms with van der Waals surface area (Å²) >= 11 is 4.44. The summed E-state index contributed by atoms with van der Waals surface area (Å²) in [5.74, 6) is 0.977. The third-order valence-electron chi connectivity index (χ3n) is 2.14. The lowest BCUT2D eigenvalue weighted by Gasteiger charge is -2.17. The van der Waals surface area contributed by atoms with Crippen LogP contribution in [0.2, 0.25) is 19.6 Å². The highest BCUT2D eigenvalue weighted by Crippen LogP contribution is 2.24. The van der Waals surface area contributed by atoms with Crippen molar-refractivity contribution in [3.8, 4) is 5.75 Å². The van der Waals surface area contributed by atoms with Gasteiger partial charge in [-0.05, 0) is 37.1 Å². The number of thiol groups is 1. The standard InChI is InChI=1S/C12H20OSSi/c1-9-6-11(7-10(2)12(9)14)13-8-15(3,4)5/h6-7,14H,8H2,1-5H3. The van der Waals surface area contributed by atoms with Crippen molar-refractivity contribution in [1.82, 2.24) is 0 Å². The number of hydrogen-bond donors (Lipinski definition) is 1. The Morgan fingerprint density at radius 1 is 1.13 bits per heavy atom. The van der Waals surface area contributed by atoms with Gasteiger partial charge in [-0.2, -0.15) is 0 Å². The molecule has 0 amide bonds. The van der Waals surface area contributed by atoms with Crippen LogP contribution in [0.25, 0.3) is 0 Å². The van der Waals surface area contributed by atoms with E-state index < -0.39 is 8.07 Å². The van der Waals surface area contributed by atoms with Gasteiger partial charge in [-0.3, -0.25) is 0 Å². The van der Waals surface area contributed by atoms with Crippen LogP contribution < -0.4 is 4.74 Å². The molecule has 0 atom stereocenters. The molecule has 84 valence electrons. The molecule has 15 heavy (non-hydrogen) atoms. The van der Waals surface area contributed by atoms with Gasteiger partial charge in [-0.25, -0.2) is 0 Å². The van der Waals surface area contributed by atoms with Crippen LogP contribution in [0.1, 0.15) is 11.1 Å². The smallest absolute Gasteiger partial charge is 0.119 e. The minimum atomic E-state index is -1.13. The first-order valence-electron chi connectivity index (χ1n) is 5.22. The lowest BCUT2D eigenvalue weighted by molar-refractivity contribution is 0.377. The number of ether oxygens (including phenoxy) is 1. The largest absolute Gasteiger partial charge is 0.497 e. The zero-order valence-corrected chi connectivity index (χ0v) is 12.1. The molecule has 0 radical (unpaired) electrons. The van der Waals surface area contributed by atoms with Crippen molar-refractivity contribution in [2.24, 2.45) is 0 Å². The highest BCUT2D eigenvalue weighted by atomic mass is 32.1. The van der Waals surface area contributed by atoms with E-state index in [9.17, 15) is 0 Å². The lowest BCUT2D eigenvalue weighted by atomic mass is 10.1. The first-order valence-corrected chi connectivity index (χ1v) is 9.38. The van der Waals surface area contributed by atoms with Crippen LogP contribution in [-0.2, 0) is 0 Å². The molecule has 0 saturated heterocycles. The molecule has 3 heteroatoms. The Hall–Kier alpha value is -0.413. The summed E-state index contributed by atoms with van der Waals surface area (Å²) in [5, 5.41) is 0. The number of aryl methyl sites for hydroxylation is 2. The summed E-state index contributed by atoms with van der Waals surface area (Å²) in [4.78, 5) is 1.07. The maximum Gasteiger partial charge on any atom is 0.119 e. The van der Waals surface area contributed by atoms with Crippen LogP contribution in [0, 0.1) is 13.8 Å². The van der Waals surface area contributed by atoms with E-state index in [-0.39, 0.29) is 0 Å². The average molecular weight is 240 g/mol. The van der Waals surface area contributed by atoms with Crippen molar-refractivity contribution < 1.29 is 4.74 Å². The third-order valence-corrected chi connectivity index (χ3v) is 3.85. The van der Waals surface area contributed by atoms with Crippen LogP contribution in [0.15, 0.2) is 17.0 Å². The molecular weight excluding hydrogens is 220 g/mol. The van der Waals surface area contributed by atoms with E-state index in [4.69, 9.17) is 4.74 Å². The van der Waals surface area contributed by atoms with Gasteiger partial charge in [-0.1, -0.05) is 19.6 Å². The van der Waals surface area contributed by atoms with E-state index in [2.05, 4.69) is 58.3 Å². The van der Waals surface area contributed by atoms with Crippen molar-refractivity contribution in [2.75, 3.05) is 6.23 Å². The van der Waals surface area contributed by atoms with Gasteiger partial charge in [0.05, 0.1) is 14.3 Å². The summed E-state index contributed by atoms with van der Waals surface area (Å²) in [6.45, 7) is 11.0. The Morgan fingerprint density at radius 3 is 2.00 bits per heavy atom. The zero-order chi connectivity index (χ0) is 11.6. The lowest BCUT2D eigenvalue weighted by Crippen LogP contribution is -2.30. The second-order valence-electron chi connectivity index (χ2n) is 5.26. The SMILES string of the molecule is Cc1cc(OC[Si](C)(C)C)cc(C)c1S. The predicted molar refractivity (Wildman–Crippen MR) is 72.0 cm³/mol. The Bertz CT molecular complexity index is 332. The van der Waals surface area contributed by atoms with Gasteiger partial charge in [0.25, 0.3) is 0 Å². The van der Waals surface area contributed by atoms with Crippen LogP contribution in [0.5, 0.6) is 5.75 Å². The molecule has 0 aliphatic rings. The van der Waals surface area contributed by atoms with E-state index in [0.29, 0.717) is 0 Å². The number of rotatable bonds is 3. The van der Waals surface area contributed by atoms with Crippen LogP contribution in [0.4, 0.5) is 0 Å². The van der Waals surface area contributed by atoms with Gasteiger partial charge >= 0.3 is 0 Å². The van der Waals surface area contributed by atoms with E-state index in [1.807, 2.05) is 0 Å². The van der Waals surface area contributed by atoms with Gasteiger partial charge < -0.3 is 4.74 Å². The molecule has 0 unspecified atom stereocenters. The summed E-state index contributed by atoms with van der Waals surface area (Å²) in [7, 11) is -1.13. The third kappa shape index (κ3) is 3.91. The topological polar surface area (TPSA) is 9.23 Å². The van der Waals surface area contributed by atoms with Crippen LogP contribution in [0.3, 0.4) is 0 Å². The normalized spacial score (nSPS) is 11.6. The monoisotopic (exact) mass is 240 g/mol. The highest BCUT2D eigenvalue weighted by molar-refractivity contribution is 7.80. The van der Waals surface area contributed by atoms with Crippen molar-refractivity contribution in [3.63, 3.8) is 0 Å². The van der Waals surface area contributed by atoms with Gasteiger partial charge in [0.1, 0.15) is 5.75 Å². The molecular formula is C12H20OSSi. The molecule has 0 fully saturated rings. The van der Waals surface area contributed by atoms with Gasteiger partial charge in [0, 0.05) is 4.90 Å². The van der Waals surface area contributed by atoms with E-state index in [1.54, 1.807) is 0 Å². The average Bonchev–Trinajstić information content (AvgIpc) is 2.09. The second kappa shape index (κ2) is 4.62. The van der Waals surface area contributed by atoms with Crippen molar-refractivity contribution >= 4 is 20.7 Å². The highest BCUT2D eigenvalue weighted by Gasteiger charge is 2.14. The molecule has 0 N–H and O–H groups in total. The molecule has 1 aromatic rings. The fourth-order valence-electron chi connectivity index (χ4n) is 1.30. The van der Waals surface area contributed by atoms with Crippen molar-refractivity contribution in [1.29, 1.82) is 0 Å². The second-order valence-corrected chi connectivity index (χ2v) is 11.1. The number of hydrogen-bond acceptors (Lipinski definition) is 2. The summed E-state index contributed by atoms with van der Waals surface area (Å²) in [6.07, 6.45) is 0.873. The predicted octanol–water partition coefficient (Wildman–Crippen LogP) is 3.85.